The summed E-state index contributed by atoms with van der Waals surface area (Å²) in [6.07, 6.45) is 0. The molecule has 2 aromatic rings. The molecule has 1 aromatic heterocycles. The Morgan fingerprint density at radius 1 is 1.31 bits per heavy atom. The molecule has 1 aromatic carbocycles. The summed E-state index contributed by atoms with van der Waals surface area (Å²) < 4.78 is 0.774. The second-order valence-corrected chi connectivity index (χ2v) is 3.78. The van der Waals surface area contributed by atoms with Crippen LogP contribution in [0.4, 0.5) is 0 Å². The number of fused-ring (bicyclic) bond motifs is 1. The summed E-state index contributed by atoms with van der Waals surface area (Å²) >= 11 is 1.07. The van der Waals surface area contributed by atoms with Gasteiger partial charge >= 0.3 is 4.87 Å². The summed E-state index contributed by atoms with van der Waals surface area (Å²) in [6, 6.07) is 5.42. The van der Waals surface area contributed by atoms with Gasteiger partial charge in [0.25, 0.3) is 5.56 Å². The molecule has 0 saturated heterocycles. The van der Waals surface area contributed by atoms with Gasteiger partial charge in [0.05, 0.1) is 5.39 Å². The van der Waals surface area contributed by atoms with Crippen LogP contribution < -0.4 is 10.4 Å². The molecule has 0 bridgehead atoms. The zero-order valence-corrected chi connectivity index (χ0v) is 7.77. The molecule has 66 valence electrons. The highest BCUT2D eigenvalue weighted by atomic mass is 32.1. The van der Waals surface area contributed by atoms with Gasteiger partial charge in [0.2, 0.25) is 0 Å². The van der Waals surface area contributed by atoms with E-state index in [9.17, 15) is 9.59 Å². The van der Waals surface area contributed by atoms with Crippen molar-refractivity contribution in [2.24, 2.45) is 0 Å². The Labute approximate surface area is 77.7 Å². The summed E-state index contributed by atoms with van der Waals surface area (Å²) in [5.41, 5.74) is 0.660. The van der Waals surface area contributed by atoms with E-state index in [0.29, 0.717) is 5.39 Å². The number of benzene rings is 1. The maximum atomic E-state index is 11.3. The molecule has 0 aliphatic rings. The Balaban J connectivity index is 3.12. The van der Waals surface area contributed by atoms with Crippen LogP contribution in [0.1, 0.15) is 5.56 Å². The first-order chi connectivity index (χ1) is 6.18. The van der Waals surface area contributed by atoms with Crippen molar-refractivity contribution in [1.29, 1.82) is 0 Å². The van der Waals surface area contributed by atoms with Gasteiger partial charge in [-0.1, -0.05) is 23.5 Å². The van der Waals surface area contributed by atoms with E-state index >= 15 is 0 Å². The van der Waals surface area contributed by atoms with E-state index in [2.05, 4.69) is 4.98 Å². The fourth-order valence-electron chi connectivity index (χ4n) is 1.24. The average Bonchev–Trinajstić information content (AvgIpc) is 2.07. The van der Waals surface area contributed by atoms with Crippen molar-refractivity contribution >= 4 is 21.4 Å². The third kappa shape index (κ3) is 1.29. The van der Waals surface area contributed by atoms with Crippen molar-refractivity contribution in [2.45, 2.75) is 6.92 Å². The van der Waals surface area contributed by atoms with Crippen molar-refractivity contribution in [3.05, 3.63) is 43.8 Å². The van der Waals surface area contributed by atoms with Crippen LogP contribution in [0, 0.1) is 6.92 Å². The van der Waals surface area contributed by atoms with E-state index in [1.54, 1.807) is 6.07 Å². The van der Waals surface area contributed by atoms with E-state index in [0.717, 1.165) is 21.6 Å². The van der Waals surface area contributed by atoms with Gasteiger partial charge in [0.1, 0.15) is 0 Å². The van der Waals surface area contributed by atoms with Gasteiger partial charge in [-0.15, -0.1) is 0 Å². The van der Waals surface area contributed by atoms with Crippen LogP contribution in [0.5, 0.6) is 0 Å². The molecule has 2 rings (SSSR count). The standard InChI is InChI=1S/C9H7NO2S/c1-5-3-2-4-6-7(5)13-9(12)10-8(6)11/h2-4H,1H3,(H,10,11,12). The number of aromatic amines is 1. The first-order valence-corrected chi connectivity index (χ1v) is 4.63. The van der Waals surface area contributed by atoms with Crippen LogP contribution in [-0.2, 0) is 0 Å². The lowest BCUT2D eigenvalue weighted by atomic mass is 10.2. The minimum Gasteiger partial charge on any atom is -0.280 e. The van der Waals surface area contributed by atoms with Crippen molar-refractivity contribution in [1.82, 2.24) is 4.98 Å². The molecule has 0 atom stereocenters. The fraction of sp³-hybridized carbons (Fsp3) is 0.111. The molecule has 0 aliphatic heterocycles. The summed E-state index contributed by atoms with van der Waals surface area (Å²) in [4.78, 5) is 24.3. The largest absolute Gasteiger partial charge is 0.307 e. The fourth-order valence-corrected chi connectivity index (χ4v) is 2.07. The molecule has 0 radical (unpaired) electrons. The molecule has 4 heteroatoms. The van der Waals surface area contributed by atoms with Crippen LogP contribution in [0.25, 0.3) is 10.1 Å². The Hall–Kier alpha value is -1.42. The summed E-state index contributed by atoms with van der Waals surface area (Å²) in [7, 11) is 0. The maximum Gasteiger partial charge on any atom is 0.307 e. The Kier molecular flexibility index (Phi) is 1.77. The van der Waals surface area contributed by atoms with Crippen molar-refractivity contribution in [3.8, 4) is 0 Å². The van der Waals surface area contributed by atoms with E-state index < -0.39 is 0 Å². The highest BCUT2D eigenvalue weighted by Gasteiger charge is 2.01. The Morgan fingerprint density at radius 3 is 2.85 bits per heavy atom. The Morgan fingerprint density at radius 2 is 2.08 bits per heavy atom. The number of rotatable bonds is 0. The molecule has 0 spiro atoms. The van der Waals surface area contributed by atoms with Gasteiger partial charge in [-0.05, 0) is 18.6 Å². The minimum absolute atomic E-state index is 0.299. The number of aryl methyl sites for hydroxylation is 1. The van der Waals surface area contributed by atoms with Gasteiger partial charge in [-0.3, -0.25) is 14.6 Å². The molecule has 0 amide bonds. The van der Waals surface area contributed by atoms with Gasteiger partial charge < -0.3 is 0 Å². The number of hydrogen-bond donors (Lipinski definition) is 1. The zero-order chi connectivity index (χ0) is 9.42. The van der Waals surface area contributed by atoms with E-state index in [-0.39, 0.29) is 10.4 Å². The number of hydrogen-bond acceptors (Lipinski definition) is 3. The van der Waals surface area contributed by atoms with E-state index in [4.69, 9.17) is 0 Å². The summed E-state index contributed by atoms with van der Waals surface area (Å²) in [6.45, 7) is 1.89. The van der Waals surface area contributed by atoms with Crippen LogP contribution in [0.3, 0.4) is 0 Å². The Bertz CT molecular complexity index is 568. The van der Waals surface area contributed by atoms with Crippen molar-refractivity contribution in [2.75, 3.05) is 0 Å². The highest BCUT2D eigenvalue weighted by molar-refractivity contribution is 7.16. The lowest BCUT2D eigenvalue weighted by Crippen LogP contribution is -2.15. The van der Waals surface area contributed by atoms with Crippen LogP contribution in [0.2, 0.25) is 0 Å². The SMILES string of the molecule is Cc1cccc2c(=O)[nH]c(=O)sc12. The highest BCUT2D eigenvalue weighted by Crippen LogP contribution is 2.15. The summed E-state index contributed by atoms with van der Waals surface area (Å²) in [5.74, 6) is 0. The third-order valence-corrected chi connectivity index (χ3v) is 2.90. The molecule has 13 heavy (non-hydrogen) atoms. The lowest BCUT2D eigenvalue weighted by Gasteiger charge is -1.96. The van der Waals surface area contributed by atoms with Crippen LogP contribution in [-0.4, -0.2) is 4.98 Å². The van der Waals surface area contributed by atoms with Crippen LogP contribution >= 0.6 is 11.3 Å². The quantitative estimate of drug-likeness (QED) is 0.684. The predicted molar refractivity (Wildman–Crippen MR) is 53.5 cm³/mol. The number of nitrogens with one attached hydrogen (secondary N) is 1. The first kappa shape index (κ1) is 8.19. The number of aromatic nitrogens is 1. The molecular formula is C9H7NO2S. The minimum atomic E-state index is -0.303. The zero-order valence-electron chi connectivity index (χ0n) is 6.96. The molecule has 0 fully saturated rings. The molecule has 1 heterocycles. The van der Waals surface area contributed by atoms with Crippen molar-refractivity contribution < 1.29 is 0 Å². The van der Waals surface area contributed by atoms with E-state index in [1.807, 2.05) is 19.1 Å². The first-order valence-electron chi connectivity index (χ1n) is 3.81. The van der Waals surface area contributed by atoms with Gasteiger partial charge in [0, 0.05) is 4.70 Å². The molecular weight excluding hydrogens is 186 g/mol. The van der Waals surface area contributed by atoms with Gasteiger partial charge in [0.15, 0.2) is 0 Å². The molecule has 0 aliphatic carbocycles. The predicted octanol–water partition coefficient (Wildman–Crippen LogP) is 1.26. The normalized spacial score (nSPS) is 10.5. The molecule has 0 unspecified atom stereocenters. The summed E-state index contributed by atoms with van der Waals surface area (Å²) in [5, 5.41) is 0.588. The lowest BCUT2D eigenvalue weighted by molar-refractivity contribution is 1.25. The monoisotopic (exact) mass is 193 g/mol. The van der Waals surface area contributed by atoms with Crippen LogP contribution in [0.15, 0.2) is 27.8 Å². The molecule has 3 nitrogen and oxygen atoms in total. The van der Waals surface area contributed by atoms with Gasteiger partial charge in [-0.25, -0.2) is 0 Å². The molecule has 1 N–H and O–H groups in total. The number of H-pyrrole nitrogens is 1. The second-order valence-electron chi connectivity index (χ2n) is 2.80. The van der Waals surface area contributed by atoms with E-state index in [1.165, 1.54) is 0 Å². The second kappa shape index (κ2) is 2.81. The molecule has 0 saturated carbocycles. The van der Waals surface area contributed by atoms with Gasteiger partial charge in [-0.2, -0.15) is 0 Å². The topological polar surface area (TPSA) is 49.9 Å². The average molecular weight is 193 g/mol. The maximum absolute atomic E-state index is 11.3. The third-order valence-electron chi connectivity index (χ3n) is 1.87. The van der Waals surface area contributed by atoms with Crippen molar-refractivity contribution in [3.63, 3.8) is 0 Å². The smallest absolute Gasteiger partial charge is 0.280 e.